The molecule has 1 aromatic carbocycles. The lowest BCUT2D eigenvalue weighted by molar-refractivity contribution is -0.142. The Morgan fingerprint density at radius 3 is 2.79 bits per heavy atom. The summed E-state index contributed by atoms with van der Waals surface area (Å²) in [5, 5.41) is 0. The molecule has 0 radical (unpaired) electrons. The Hall–Kier alpha value is -1.62. The molecular weight excluding hydrogens is 249 g/mol. The first-order valence-electron chi connectivity index (χ1n) is 6.37. The van der Waals surface area contributed by atoms with Gasteiger partial charge in [0.1, 0.15) is 11.6 Å². The van der Waals surface area contributed by atoms with Crippen molar-refractivity contribution >= 4 is 5.91 Å². The molecule has 1 saturated heterocycles. The molecule has 0 spiro atoms. The number of rotatable bonds is 3. The third-order valence-corrected chi connectivity index (χ3v) is 3.12. The molecule has 1 aromatic rings. The number of nitrogens with zero attached hydrogens (tertiary/aromatic N) is 1. The number of halogens is 1. The molecule has 1 atom stereocenters. The van der Waals surface area contributed by atoms with Crippen LogP contribution in [0.1, 0.15) is 12.5 Å². The summed E-state index contributed by atoms with van der Waals surface area (Å²) in [4.78, 5) is 13.9. The molecule has 5 heteroatoms. The molecule has 1 aliphatic heterocycles. The number of hydrogen-bond donors (Lipinski definition) is 0. The van der Waals surface area contributed by atoms with E-state index in [-0.39, 0.29) is 11.7 Å². The molecule has 1 aliphatic rings. The van der Waals surface area contributed by atoms with Crippen LogP contribution in [0.15, 0.2) is 18.2 Å². The molecule has 1 unspecified atom stereocenters. The van der Waals surface area contributed by atoms with Crippen molar-refractivity contribution in [1.82, 2.24) is 4.90 Å². The van der Waals surface area contributed by atoms with Crippen LogP contribution in [0.2, 0.25) is 0 Å². The van der Waals surface area contributed by atoms with Crippen LogP contribution in [0.5, 0.6) is 5.75 Å². The first-order valence-corrected chi connectivity index (χ1v) is 6.37. The third kappa shape index (κ3) is 3.44. The van der Waals surface area contributed by atoms with Crippen molar-refractivity contribution in [3.05, 3.63) is 29.6 Å². The average molecular weight is 267 g/mol. The lowest BCUT2D eigenvalue weighted by atomic mass is 10.2. The highest BCUT2D eigenvalue weighted by atomic mass is 19.1. The molecule has 4 nitrogen and oxygen atoms in total. The van der Waals surface area contributed by atoms with Crippen molar-refractivity contribution < 1.29 is 18.7 Å². The molecule has 19 heavy (non-hydrogen) atoms. The Balaban J connectivity index is 2.01. The average Bonchev–Trinajstić information content (AvgIpc) is 2.43. The number of carbonyl (C=O) groups excluding carboxylic acids is 1. The summed E-state index contributed by atoms with van der Waals surface area (Å²) in [6, 6.07) is 4.31. The van der Waals surface area contributed by atoms with Crippen LogP contribution in [0.4, 0.5) is 4.39 Å². The lowest BCUT2D eigenvalue weighted by Crippen LogP contribution is -2.46. The summed E-state index contributed by atoms with van der Waals surface area (Å²) in [6.07, 6.45) is -0.626. The molecule has 0 saturated carbocycles. The second kappa shape index (κ2) is 6.02. The molecule has 0 bridgehead atoms. The van der Waals surface area contributed by atoms with E-state index in [0.717, 1.165) is 5.56 Å². The molecule has 0 aromatic heterocycles. The lowest BCUT2D eigenvalue weighted by Gasteiger charge is -2.29. The molecule has 1 fully saturated rings. The molecule has 1 amide bonds. The first-order chi connectivity index (χ1) is 9.08. The monoisotopic (exact) mass is 267 g/mol. The number of ether oxygens (including phenoxy) is 2. The smallest absolute Gasteiger partial charge is 0.263 e. The van der Waals surface area contributed by atoms with Crippen LogP contribution < -0.4 is 4.74 Å². The number of benzene rings is 1. The van der Waals surface area contributed by atoms with E-state index in [0.29, 0.717) is 32.1 Å². The number of hydrogen-bond acceptors (Lipinski definition) is 3. The van der Waals surface area contributed by atoms with Gasteiger partial charge >= 0.3 is 0 Å². The maximum Gasteiger partial charge on any atom is 0.263 e. The zero-order valence-electron chi connectivity index (χ0n) is 11.2. The highest BCUT2D eigenvalue weighted by Crippen LogP contribution is 2.20. The fourth-order valence-electron chi connectivity index (χ4n) is 1.98. The van der Waals surface area contributed by atoms with E-state index >= 15 is 0 Å². The van der Waals surface area contributed by atoms with Crippen molar-refractivity contribution in [2.45, 2.75) is 20.0 Å². The van der Waals surface area contributed by atoms with E-state index < -0.39 is 6.10 Å². The standard InChI is InChI=1S/C14H18FNO3/c1-10-3-4-12(15)9-13(10)19-11(2)14(17)16-5-7-18-8-6-16/h3-4,9,11H,5-8H2,1-2H3. The Labute approximate surface area is 112 Å². The minimum absolute atomic E-state index is 0.0908. The second-order valence-electron chi connectivity index (χ2n) is 4.61. The van der Waals surface area contributed by atoms with E-state index in [9.17, 15) is 9.18 Å². The van der Waals surface area contributed by atoms with Crippen molar-refractivity contribution in [1.29, 1.82) is 0 Å². The molecule has 0 N–H and O–H groups in total. The summed E-state index contributed by atoms with van der Waals surface area (Å²) in [5.41, 5.74) is 0.808. The molecule has 1 heterocycles. The van der Waals surface area contributed by atoms with Crippen LogP contribution >= 0.6 is 0 Å². The van der Waals surface area contributed by atoms with Crippen LogP contribution in [0, 0.1) is 12.7 Å². The van der Waals surface area contributed by atoms with E-state index in [1.807, 2.05) is 6.92 Å². The van der Waals surface area contributed by atoms with Crippen LogP contribution in [0.25, 0.3) is 0 Å². The van der Waals surface area contributed by atoms with E-state index in [1.54, 1.807) is 17.9 Å². The Morgan fingerprint density at radius 1 is 1.42 bits per heavy atom. The van der Waals surface area contributed by atoms with Crippen molar-refractivity contribution in [2.75, 3.05) is 26.3 Å². The molecular formula is C14H18FNO3. The van der Waals surface area contributed by atoms with Crippen LogP contribution in [-0.2, 0) is 9.53 Å². The molecule has 2 rings (SSSR count). The Kier molecular flexibility index (Phi) is 4.37. The molecule has 0 aliphatic carbocycles. The minimum atomic E-state index is -0.626. The largest absolute Gasteiger partial charge is 0.481 e. The van der Waals surface area contributed by atoms with E-state index in [4.69, 9.17) is 9.47 Å². The van der Waals surface area contributed by atoms with Gasteiger partial charge in [-0.1, -0.05) is 6.07 Å². The van der Waals surface area contributed by atoms with E-state index in [2.05, 4.69) is 0 Å². The normalized spacial score (nSPS) is 17.1. The van der Waals surface area contributed by atoms with Gasteiger partial charge in [-0.2, -0.15) is 0 Å². The highest BCUT2D eigenvalue weighted by molar-refractivity contribution is 5.81. The van der Waals surface area contributed by atoms with Crippen LogP contribution in [0.3, 0.4) is 0 Å². The van der Waals surface area contributed by atoms with Gasteiger partial charge in [0, 0.05) is 19.2 Å². The Bertz CT molecular complexity index is 458. The fraction of sp³-hybridized carbons (Fsp3) is 0.500. The topological polar surface area (TPSA) is 38.8 Å². The predicted octanol–water partition coefficient (Wildman–Crippen LogP) is 1.76. The SMILES string of the molecule is Cc1ccc(F)cc1OC(C)C(=O)N1CCOCC1. The summed E-state index contributed by atoms with van der Waals surface area (Å²) < 4.78 is 23.9. The zero-order valence-corrected chi connectivity index (χ0v) is 11.2. The van der Waals surface area contributed by atoms with Gasteiger partial charge in [-0.05, 0) is 25.5 Å². The van der Waals surface area contributed by atoms with Gasteiger partial charge in [-0.15, -0.1) is 0 Å². The van der Waals surface area contributed by atoms with E-state index in [1.165, 1.54) is 12.1 Å². The quantitative estimate of drug-likeness (QED) is 0.837. The van der Waals surface area contributed by atoms with Gasteiger partial charge in [0.15, 0.2) is 6.10 Å². The van der Waals surface area contributed by atoms with Gasteiger partial charge in [0.05, 0.1) is 13.2 Å². The predicted molar refractivity (Wildman–Crippen MR) is 68.6 cm³/mol. The summed E-state index contributed by atoms with van der Waals surface area (Å²) in [5.74, 6) is -0.0484. The number of aryl methyl sites for hydroxylation is 1. The van der Waals surface area contributed by atoms with Crippen LogP contribution in [-0.4, -0.2) is 43.2 Å². The van der Waals surface area contributed by atoms with Gasteiger partial charge in [-0.3, -0.25) is 4.79 Å². The number of carbonyl (C=O) groups is 1. The first kappa shape index (κ1) is 13.8. The Morgan fingerprint density at radius 2 is 2.11 bits per heavy atom. The molecule has 104 valence electrons. The summed E-state index contributed by atoms with van der Waals surface area (Å²) in [7, 11) is 0. The van der Waals surface area contributed by atoms with Gasteiger partial charge in [-0.25, -0.2) is 4.39 Å². The fourth-order valence-corrected chi connectivity index (χ4v) is 1.98. The number of morpholine rings is 1. The highest BCUT2D eigenvalue weighted by Gasteiger charge is 2.24. The zero-order chi connectivity index (χ0) is 13.8. The van der Waals surface area contributed by atoms with Gasteiger partial charge in [0.2, 0.25) is 0 Å². The number of amides is 1. The van der Waals surface area contributed by atoms with Gasteiger partial charge < -0.3 is 14.4 Å². The van der Waals surface area contributed by atoms with Crippen molar-refractivity contribution in [2.24, 2.45) is 0 Å². The maximum atomic E-state index is 13.2. The van der Waals surface area contributed by atoms with Crippen molar-refractivity contribution in [3.63, 3.8) is 0 Å². The maximum absolute atomic E-state index is 13.2. The summed E-state index contributed by atoms with van der Waals surface area (Å²) >= 11 is 0. The second-order valence-corrected chi connectivity index (χ2v) is 4.61. The third-order valence-electron chi connectivity index (χ3n) is 3.12. The van der Waals surface area contributed by atoms with Gasteiger partial charge in [0.25, 0.3) is 5.91 Å². The summed E-state index contributed by atoms with van der Waals surface area (Å²) in [6.45, 7) is 5.76. The minimum Gasteiger partial charge on any atom is -0.481 e. The van der Waals surface area contributed by atoms with Crippen molar-refractivity contribution in [3.8, 4) is 5.75 Å².